The SMILES string of the molecule is O=C(c1cccc(O)c1O)N1CCc2ccc(O)cc2C1. The number of hydrogen-bond donors (Lipinski definition) is 3. The van der Waals surface area contributed by atoms with Crippen molar-refractivity contribution in [3.63, 3.8) is 0 Å². The summed E-state index contributed by atoms with van der Waals surface area (Å²) in [5.74, 6) is -0.874. The van der Waals surface area contributed by atoms with Gasteiger partial charge < -0.3 is 20.2 Å². The molecule has 0 unspecified atom stereocenters. The Kier molecular flexibility index (Phi) is 3.17. The van der Waals surface area contributed by atoms with Gasteiger partial charge in [0.1, 0.15) is 5.75 Å². The molecule has 0 bridgehead atoms. The second-order valence-corrected chi connectivity index (χ2v) is 5.10. The van der Waals surface area contributed by atoms with E-state index in [4.69, 9.17) is 0 Å². The molecule has 21 heavy (non-hydrogen) atoms. The summed E-state index contributed by atoms with van der Waals surface area (Å²) in [4.78, 5) is 14.1. The van der Waals surface area contributed by atoms with Gasteiger partial charge in [0.05, 0.1) is 5.56 Å². The number of fused-ring (bicyclic) bond motifs is 1. The minimum atomic E-state index is -0.399. The lowest BCUT2D eigenvalue weighted by molar-refractivity contribution is 0.0730. The molecule has 0 spiro atoms. The molecule has 1 heterocycles. The van der Waals surface area contributed by atoms with Crippen LogP contribution in [0.2, 0.25) is 0 Å². The zero-order valence-electron chi connectivity index (χ0n) is 11.3. The van der Waals surface area contributed by atoms with E-state index in [1.165, 1.54) is 18.2 Å². The highest BCUT2D eigenvalue weighted by Gasteiger charge is 2.24. The molecule has 1 amide bonds. The molecule has 3 rings (SSSR count). The molecule has 3 N–H and O–H groups in total. The molecule has 108 valence electrons. The Hall–Kier alpha value is -2.69. The number of phenols is 3. The van der Waals surface area contributed by atoms with Crippen LogP contribution in [0.25, 0.3) is 0 Å². The first-order chi connectivity index (χ1) is 10.1. The van der Waals surface area contributed by atoms with Crippen molar-refractivity contribution in [2.75, 3.05) is 6.54 Å². The number of carbonyl (C=O) groups excluding carboxylic acids is 1. The van der Waals surface area contributed by atoms with Gasteiger partial charge in [-0.1, -0.05) is 12.1 Å². The molecule has 0 atom stereocenters. The minimum Gasteiger partial charge on any atom is -0.508 e. The van der Waals surface area contributed by atoms with Gasteiger partial charge >= 0.3 is 0 Å². The molecule has 2 aromatic carbocycles. The molecule has 0 saturated carbocycles. The van der Waals surface area contributed by atoms with Gasteiger partial charge in [-0.15, -0.1) is 0 Å². The van der Waals surface area contributed by atoms with Crippen LogP contribution in [-0.4, -0.2) is 32.7 Å². The molecule has 5 heteroatoms. The van der Waals surface area contributed by atoms with Crippen molar-refractivity contribution in [3.8, 4) is 17.2 Å². The van der Waals surface area contributed by atoms with Crippen molar-refractivity contribution in [2.24, 2.45) is 0 Å². The van der Waals surface area contributed by atoms with E-state index in [2.05, 4.69) is 0 Å². The summed E-state index contributed by atoms with van der Waals surface area (Å²) in [5, 5.41) is 28.8. The smallest absolute Gasteiger partial charge is 0.258 e. The predicted octanol–water partition coefficient (Wildman–Crippen LogP) is 2.00. The average molecular weight is 285 g/mol. The number of para-hydroxylation sites is 1. The summed E-state index contributed by atoms with van der Waals surface area (Å²) < 4.78 is 0. The molecule has 0 aromatic heterocycles. The van der Waals surface area contributed by atoms with Gasteiger partial charge in [-0.2, -0.15) is 0 Å². The molecule has 2 aromatic rings. The van der Waals surface area contributed by atoms with Gasteiger partial charge in [0, 0.05) is 13.1 Å². The van der Waals surface area contributed by atoms with Crippen LogP contribution in [0.3, 0.4) is 0 Å². The maximum Gasteiger partial charge on any atom is 0.258 e. The molecular formula is C16H15NO4. The van der Waals surface area contributed by atoms with Crippen molar-refractivity contribution in [1.29, 1.82) is 0 Å². The van der Waals surface area contributed by atoms with Crippen molar-refractivity contribution >= 4 is 5.91 Å². The topological polar surface area (TPSA) is 81.0 Å². The van der Waals surface area contributed by atoms with Gasteiger partial charge in [-0.05, 0) is 41.8 Å². The molecule has 1 aliphatic heterocycles. The fourth-order valence-corrected chi connectivity index (χ4v) is 2.59. The predicted molar refractivity (Wildman–Crippen MR) is 76.3 cm³/mol. The van der Waals surface area contributed by atoms with Gasteiger partial charge in [-0.3, -0.25) is 4.79 Å². The second kappa shape index (κ2) is 5.01. The Bertz CT molecular complexity index is 711. The monoisotopic (exact) mass is 285 g/mol. The normalized spacial score (nSPS) is 13.8. The van der Waals surface area contributed by atoms with Crippen molar-refractivity contribution in [3.05, 3.63) is 53.1 Å². The third kappa shape index (κ3) is 2.38. The number of phenolic OH excluding ortho intramolecular Hbond substituents is 3. The Labute approximate surface area is 121 Å². The van der Waals surface area contributed by atoms with E-state index in [-0.39, 0.29) is 23.0 Å². The Morgan fingerprint density at radius 1 is 1.05 bits per heavy atom. The van der Waals surface area contributed by atoms with Crippen LogP contribution in [0.15, 0.2) is 36.4 Å². The molecule has 0 aliphatic carbocycles. The van der Waals surface area contributed by atoms with Crippen LogP contribution in [0, 0.1) is 0 Å². The van der Waals surface area contributed by atoms with E-state index < -0.39 is 5.75 Å². The van der Waals surface area contributed by atoms with Crippen LogP contribution < -0.4 is 0 Å². The number of nitrogens with zero attached hydrogens (tertiary/aromatic N) is 1. The Balaban J connectivity index is 1.89. The zero-order chi connectivity index (χ0) is 15.0. The number of benzene rings is 2. The van der Waals surface area contributed by atoms with Crippen molar-refractivity contribution in [1.82, 2.24) is 4.90 Å². The third-order valence-electron chi connectivity index (χ3n) is 3.73. The van der Waals surface area contributed by atoms with Crippen LogP contribution in [-0.2, 0) is 13.0 Å². The average Bonchev–Trinajstić information content (AvgIpc) is 2.48. The molecular weight excluding hydrogens is 270 g/mol. The van der Waals surface area contributed by atoms with Gasteiger partial charge in [0.2, 0.25) is 0 Å². The number of carbonyl (C=O) groups is 1. The number of hydrogen-bond acceptors (Lipinski definition) is 4. The number of amides is 1. The van der Waals surface area contributed by atoms with Gasteiger partial charge in [0.25, 0.3) is 5.91 Å². The summed E-state index contributed by atoms with van der Waals surface area (Å²) in [6, 6.07) is 9.48. The summed E-state index contributed by atoms with van der Waals surface area (Å²) in [5.41, 5.74) is 2.09. The number of aromatic hydroxyl groups is 3. The largest absolute Gasteiger partial charge is 0.508 e. The van der Waals surface area contributed by atoms with Gasteiger partial charge in [0.15, 0.2) is 11.5 Å². The fourth-order valence-electron chi connectivity index (χ4n) is 2.59. The minimum absolute atomic E-state index is 0.0820. The Morgan fingerprint density at radius 2 is 1.86 bits per heavy atom. The van der Waals surface area contributed by atoms with Crippen LogP contribution in [0.1, 0.15) is 21.5 Å². The number of rotatable bonds is 1. The molecule has 0 fully saturated rings. The van der Waals surface area contributed by atoms with Crippen LogP contribution in [0.5, 0.6) is 17.2 Å². The highest BCUT2D eigenvalue weighted by atomic mass is 16.3. The van der Waals surface area contributed by atoms with Crippen molar-refractivity contribution in [2.45, 2.75) is 13.0 Å². The standard InChI is InChI=1S/C16H15NO4/c18-12-5-4-10-6-7-17(9-11(10)8-12)16(21)13-2-1-3-14(19)15(13)20/h1-5,8,18-20H,6-7,9H2. The first-order valence-corrected chi connectivity index (χ1v) is 6.67. The quantitative estimate of drug-likeness (QED) is 0.700. The highest BCUT2D eigenvalue weighted by Crippen LogP contribution is 2.31. The van der Waals surface area contributed by atoms with E-state index >= 15 is 0 Å². The lowest BCUT2D eigenvalue weighted by atomic mass is 9.98. The fraction of sp³-hybridized carbons (Fsp3) is 0.188. The van der Waals surface area contributed by atoms with E-state index in [9.17, 15) is 20.1 Å². The zero-order valence-corrected chi connectivity index (χ0v) is 11.3. The van der Waals surface area contributed by atoms with Crippen LogP contribution in [0.4, 0.5) is 0 Å². The maximum absolute atomic E-state index is 12.5. The molecule has 0 saturated heterocycles. The highest BCUT2D eigenvalue weighted by molar-refractivity contribution is 5.97. The second-order valence-electron chi connectivity index (χ2n) is 5.10. The third-order valence-corrected chi connectivity index (χ3v) is 3.73. The van der Waals surface area contributed by atoms with Gasteiger partial charge in [-0.25, -0.2) is 0 Å². The summed E-state index contributed by atoms with van der Waals surface area (Å²) in [6.07, 6.45) is 0.695. The summed E-state index contributed by atoms with van der Waals surface area (Å²) in [7, 11) is 0. The first-order valence-electron chi connectivity index (χ1n) is 6.67. The summed E-state index contributed by atoms with van der Waals surface area (Å²) >= 11 is 0. The molecule has 1 aliphatic rings. The van der Waals surface area contributed by atoms with E-state index in [0.717, 1.165) is 11.1 Å². The maximum atomic E-state index is 12.5. The van der Waals surface area contributed by atoms with E-state index in [0.29, 0.717) is 19.5 Å². The molecule has 0 radical (unpaired) electrons. The van der Waals surface area contributed by atoms with Crippen LogP contribution >= 0.6 is 0 Å². The van der Waals surface area contributed by atoms with E-state index in [1.807, 2.05) is 6.07 Å². The summed E-state index contributed by atoms with van der Waals surface area (Å²) in [6.45, 7) is 0.906. The lowest BCUT2D eigenvalue weighted by Gasteiger charge is -2.29. The Morgan fingerprint density at radius 3 is 2.67 bits per heavy atom. The van der Waals surface area contributed by atoms with Crippen molar-refractivity contribution < 1.29 is 20.1 Å². The lowest BCUT2D eigenvalue weighted by Crippen LogP contribution is -2.35. The van der Waals surface area contributed by atoms with E-state index in [1.54, 1.807) is 17.0 Å². The molecule has 5 nitrogen and oxygen atoms in total. The first kappa shape index (κ1) is 13.3.